The van der Waals surface area contributed by atoms with Crippen molar-refractivity contribution in [2.24, 2.45) is 0 Å². The van der Waals surface area contributed by atoms with Crippen LogP contribution in [-0.4, -0.2) is 11.4 Å². The lowest BCUT2D eigenvalue weighted by molar-refractivity contribution is 0.112. The van der Waals surface area contributed by atoms with Gasteiger partial charge in [0.25, 0.3) is 0 Å². The average molecular weight is 257 g/mol. The maximum atomic E-state index is 10.5. The van der Waals surface area contributed by atoms with Crippen LogP contribution in [-0.2, 0) is 0 Å². The highest BCUT2D eigenvalue weighted by atomic mass is 79.9. The van der Waals surface area contributed by atoms with Gasteiger partial charge in [-0.3, -0.25) is 4.79 Å². The van der Waals surface area contributed by atoms with Crippen molar-refractivity contribution < 1.29 is 9.90 Å². The number of hydrogen-bond acceptors (Lipinski definition) is 3. The third-order valence-electron chi connectivity index (χ3n) is 1.75. The lowest BCUT2D eigenvalue weighted by Gasteiger charge is -1.96. The monoisotopic (exact) mass is 256 g/mol. The standard InChI is InChI=1S/C9H5BrO2S/c10-9-6-3-5(4-11)13-8(6)2-1-7(9)12/h1-4,12H. The summed E-state index contributed by atoms with van der Waals surface area (Å²) in [5, 5.41) is 10.3. The SMILES string of the molecule is O=Cc1cc2c(Br)c(O)ccc2s1. The number of fused-ring (bicyclic) bond motifs is 1. The minimum absolute atomic E-state index is 0.197. The summed E-state index contributed by atoms with van der Waals surface area (Å²) < 4.78 is 1.64. The second-order valence-electron chi connectivity index (χ2n) is 2.58. The minimum Gasteiger partial charge on any atom is -0.507 e. The summed E-state index contributed by atoms with van der Waals surface area (Å²) in [5.41, 5.74) is 0. The maximum Gasteiger partial charge on any atom is 0.160 e. The van der Waals surface area contributed by atoms with E-state index in [9.17, 15) is 9.90 Å². The summed E-state index contributed by atoms with van der Waals surface area (Å²) in [6.07, 6.45) is 0.814. The number of carbonyl (C=O) groups is 1. The van der Waals surface area contributed by atoms with Crippen molar-refractivity contribution >= 4 is 43.6 Å². The van der Waals surface area contributed by atoms with Crippen LogP contribution in [0.1, 0.15) is 9.67 Å². The lowest BCUT2D eigenvalue weighted by atomic mass is 10.2. The molecule has 2 nitrogen and oxygen atoms in total. The molecule has 0 saturated carbocycles. The number of hydrogen-bond donors (Lipinski definition) is 1. The topological polar surface area (TPSA) is 37.3 Å². The van der Waals surface area contributed by atoms with E-state index < -0.39 is 0 Å². The molecule has 0 atom stereocenters. The summed E-state index contributed by atoms with van der Waals surface area (Å²) in [6, 6.07) is 5.17. The molecule has 0 fully saturated rings. The van der Waals surface area contributed by atoms with Gasteiger partial charge >= 0.3 is 0 Å². The number of phenols is 1. The van der Waals surface area contributed by atoms with Crippen molar-refractivity contribution in [3.63, 3.8) is 0 Å². The Balaban J connectivity index is 2.83. The van der Waals surface area contributed by atoms with Crippen molar-refractivity contribution in [1.82, 2.24) is 0 Å². The molecule has 0 saturated heterocycles. The van der Waals surface area contributed by atoms with Gasteiger partial charge in [0, 0.05) is 10.1 Å². The van der Waals surface area contributed by atoms with Crippen LogP contribution in [0.4, 0.5) is 0 Å². The molecule has 1 heterocycles. The highest BCUT2D eigenvalue weighted by Crippen LogP contribution is 2.36. The number of phenolic OH excluding ortho intramolecular Hbond substituents is 1. The maximum absolute atomic E-state index is 10.5. The molecule has 0 radical (unpaired) electrons. The van der Waals surface area contributed by atoms with E-state index in [1.54, 1.807) is 18.2 Å². The summed E-state index contributed by atoms with van der Waals surface area (Å²) in [7, 11) is 0. The van der Waals surface area contributed by atoms with Crippen LogP contribution in [0.25, 0.3) is 10.1 Å². The van der Waals surface area contributed by atoms with E-state index in [1.165, 1.54) is 11.3 Å². The Kier molecular flexibility index (Phi) is 2.09. The Morgan fingerprint density at radius 2 is 2.23 bits per heavy atom. The molecular formula is C9H5BrO2S. The Morgan fingerprint density at radius 1 is 1.46 bits per heavy atom. The third kappa shape index (κ3) is 1.36. The summed E-state index contributed by atoms with van der Waals surface area (Å²) >= 11 is 4.67. The van der Waals surface area contributed by atoms with Gasteiger partial charge in [0.1, 0.15) is 5.75 Å². The predicted octanol–water partition coefficient (Wildman–Crippen LogP) is 3.18. The second-order valence-corrected chi connectivity index (χ2v) is 4.49. The molecule has 2 aromatic rings. The Hall–Kier alpha value is -0.870. The molecule has 1 N–H and O–H groups in total. The molecule has 66 valence electrons. The second kappa shape index (κ2) is 3.12. The van der Waals surface area contributed by atoms with E-state index in [-0.39, 0.29) is 5.75 Å². The molecule has 0 amide bonds. The number of halogens is 1. The molecule has 0 bridgehead atoms. The smallest absolute Gasteiger partial charge is 0.160 e. The number of carbonyl (C=O) groups excluding carboxylic acids is 1. The lowest BCUT2D eigenvalue weighted by Crippen LogP contribution is -1.69. The summed E-state index contributed by atoms with van der Waals surface area (Å²) in [5.74, 6) is 0.197. The Bertz CT molecular complexity index is 476. The zero-order chi connectivity index (χ0) is 9.42. The Morgan fingerprint density at radius 3 is 2.92 bits per heavy atom. The molecule has 2 rings (SSSR count). The highest BCUT2D eigenvalue weighted by Gasteiger charge is 2.07. The number of benzene rings is 1. The molecule has 0 aliphatic carbocycles. The van der Waals surface area contributed by atoms with Crippen LogP contribution < -0.4 is 0 Å². The van der Waals surface area contributed by atoms with Crippen LogP contribution in [0.3, 0.4) is 0 Å². The first-order valence-corrected chi connectivity index (χ1v) is 5.19. The van der Waals surface area contributed by atoms with Gasteiger partial charge in [0.2, 0.25) is 0 Å². The Labute approximate surface area is 86.9 Å². The van der Waals surface area contributed by atoms with E-state index in [0.29, 0.717) is 9.35 Å². The number of thiophene rings is 1. The fourth-order valence-electron chi connectivity index (χ4n) is 1.14. The van der Waals surface area contributed by atoms with Gasteiger partial charge in [-0.25, -0.2) is 0 Å². The van der Waals surface area contributed by atoms with Gasteiger partial charge in [-0.1, -0.05) is 0 Å². The van der Waals surface area contributed by atoms with Crippen molar-refractivity contribution in [2.75, 3.05) is 0 Å². The average Bonchev–Trinajstić information content (AvgIpc) is 2.55. The van der Waals surface area contributed by atoms with E-state index in [4.69, 9.17) is 0 Å². The van der Waals surface area contributed by atoms with Crippen LogP contribution in [0.2, 0.25) is 0 Å². The third-order valence-corrected chi connectivity index (χ3v) is 3.61. The summed E-state index contributed by atoms with van der Waals surface area (Å²) in [4.78, 5) is 11.2. The summed E-state index contributed by atoms with van der Waals surface area (Å²) in [6.45, 7) is 0. The first kappa shape index (κ1) is 8.72. The van der Waals surface area contributed by atoms with E-state index in [1.807, 2.05) is 0 Å². The quantitative estimate of drug-likeness (QED) is 0.796. The van der Waals surface area contributed by atoms with Crippen LogP contribution in [0.5, 0.6) is 5.75 Å². The fraction of sp³-hybridized carbons (Fsp3) is 0. The number of rotatable bonds is 1. The fourth-order valence-corrected chi connectivity index (χ4v) is 2.62. The first-order chi connectivity index (χ1) is 6.22. The van der Waals surface area contributed by atoms with Gasteiger partial charge in [-0.2, -0.15) is 0 Å². The molecule has 0 aliphatic rings. The highest BCUT2D eigenvalue weighted by molar-refractivity contribution is 9.10. The number of aromatic hydroxyl groups is 1. The number of aldehydes is 1. The molecule has 0 aliphatic heterocycles. The molecule has 1 aromatic heterocycles. The van der Waals surface area contributed by atoms with Gasteiger partial charge in [0.05, 0.1) is 9.35 Å². The molecule has 1 aromatic carbocycles. The van der Waals surface area contributed by atoms with Gasteiger partial charge in [-0.15, -0.1) is 11.3 Å². The van der Waals surface area contributed by atoms with Crippen molar-refractivity contribution in [3.05, 3.63) is 27.5 Å². The normalized spacial score (nSPS) is 10.5. The molecule has 4 heteroatoms. The molecule has 0 unspecified atom stereocenters. The molecule has 13 heavy (non-hydrogen) atoms. The van der Waals surface area contributed by atoms with E-state index in [0.717, 1.165) is 16.4 Å². The van der Waals surface area contributed by atoms with Crippen molar-refractivity contribution in [3.8, 4) is 5.75 Å². The predicted molar refractivity (Wildman–Crippen MR) is 56.6 cm³/mol. The zero-order valence-electron chi connectivity index (χ0n) is 6.45. The molecular weight excluding hydrogens is 252 g/mol. The van der Waals surface area contributed by atoms with Crippen LogP contribution in [0, 0.1) is 0 Å². The van der Waals surface area contributed by atoms with Gasteiger partial charge in [0.15, 0.2) is 6.29 Å². The molecule has 0 spiro atoms. The van der Waals surface area contributed by atoms with Crippen LogP contribution in [0.15, 0.2) is 22.7 Å². The van der Waals surface area contributed by atoms with Gasteiger partial charge in [-0.05, 0) is 34.1 Å². The van der Waals surface area contributed by atoms with Crippen LogP contribution >= 0.6 is 27.3 Å². The van der Waals surface area contributed by atoms with Gasteiger partial charge < -0.3 is 5.11 Å². The zero-order valence-corrected chi connectivity index (χ0v) is 8.85. The first-order valence-electron chi connectivity index (χ1n) is 3.58. The van der Waals surface area contributed by atoms with E-state index >= 15 is 0 Å². The largest absolute Gasteiger partial charge is 0.507 e. The van der Waals surface area contributed by atoms with Crippen molar-refractivity contribution in [2.45, 2.75) is 0 Å². The minimum atomic E-state index is 0.197. The van der Waals surface area contributed by atoms with Crippen molar-refractivity contribution in [1.29, 1.82) is 0 Å². The van der Waals surface area contributed by atoms with E-state index in [2.05, 4.69) is 15.9 Å².